The summed E-state index contributed by atoms with van der Waals surface area (Å²) in [6.07, 6.45) is 5.55. The van der Waals surface area contributed by atoms with Crippen LogP contribution in [0.5, 0.6) is 0 Å². The van der Waals surface area contributed by atoms with Gasteiger partial charge < -0.3 is 15.5 Å². The number of anilines is 3. The van der Waals surface area contributed by atoms with Crippen LogP contribution in [-0.2, 0) is 16.6 Å². The SMILES string of the molecule is O=C(NCc1cccnc1)Nc1ccc(S(=O)(=O)Nc2ccccc2N2CCCC2)cc1. The van der Waals surface area contributed by atoms with Crippen LogP contribution in [0, 0.1) is 0 Å². The molecule has 0 unspecified atom stereocenters. The monoisotopic (exact) mass is 451 g/mol. The molecule has 8 nitrogen and oxygen atoms in total. The maximum atomic E-state index is 12.9. The molecule has 3 aromatic rings. The number of hydrogen-bond donors (Lipinski definition) is 3. The molecule has 2 amide bonds. The Balaban J connectivity index is 1.39. The normalized spacial score (nSPS) is 13.6. The van der Waals surface area contributed by atoms with Crippen LogP contribution in [0.4, 0.5) is 21.9 Å². The van der Waals surface area contributed by atoms with E-state index in [1.807, 2.05) is 24.3 Å². The van der Waals surface area contributed by atoms with E-state index in [1.54, 1.807) is 36.7 Å². The van der Waals surface area contributed by atoms with Crippen LogP contribution in [0.2, 0.25) is 0 Å². The molecule has 9 heteroatoms. The van der Waals surface area contributed by atoms with Crippen LogP contribution in [0.3, 0.4) is 0 Å². The predicted molar refractivity (Wildman–Crippen MR) is 125 cm³/mol. The number of pyridine rings is 1. The minimum Gasteiger partial charge on any atom is -0.370 e. The molecule has 2 heterocycles. The van der Waals surface area contributed by atoms with Gasteiger partial charge in [-0.05, 0) is 60.9 Å². The predicted octanol–water partition coefficient (Wildman–Crippen LogP) is 3.80. The minimum atomic E-state index is -3.77. The Morgan fingerprint density at radius 2 is 1.72 bits per heavy atom. The molecule has 1 aliphatic rings. The molecule has 1 fully saturated rings. The molecule has 1 saturated heterocycles. The number of hydrogen-bond acceptors (Lipinski definition) is 5. The molecular formula is C23H25N5O3S. The molecule has 32 heavy (non-hydrogen) atoms. The fourth-order valence-electron chi connectivity index (χ4n) is 3.58. The molecule has 1 aliphatic heterocycles. The van der Waals surface area contributed by atoms with Gasteiger partial charge in [0.1, 0.15) is 0 Å². The highest BCUT2D eigenvalue weighted by Crippen LogP contribution is 2.30. The van der Waals surface area contributed by atoms with Gasteiger partial charge in [0, 0.05) is 37.7 Å². The average Bonchev–Trinajstić information content (AvgIpc) is 3.34. The second-order valence-electron chi connectivity index (χ2n) is 7.51. The number of amides is 2. The number of urea groups is 1. The standard InChI is InChI=1S/C23H25N5O3S/c29-23(25-17-18-6-5-13-24-16-18)26-19-9-11-20(12-10-19)32(30,31)27-21-7-1-2-8-22(21)28-14-3-4-15-28/h1-2,5-13,16,27H,3-4,14-15,17H2,(H2,25,26,29). The quantitative estimate of drug-likeness (QED) is 0.507. The molecule has 0 bridgehead atoms. The third-order valence-electron chi connectivity index (χ3n) is 5.19. The first-order valence-corrected chi connectivity index (χ1v) is 11.9. The highest BCUT2D eigenvalue weighted by atomic mass is 32.2. The van der Waals surface area contributed by atoms with Gasteiger partial charge in [0.15, 0.2) is 0 Å². The van der Waals surface area contributed by atoms with Crippen LogP contribution in [-0.4, -0.2) is 32.5 Å². The molecule has 3 N–H and O–H groups in total. The summed E-state index contributed by atoms with van der Waals surface area (Å²) < 4.78 is 28.6. The largest absolute Gasteiger partial charge is 0.370 e. The molecule has 0 atom stereocenters. The van der Waals surface area contributed by atoms with Gasteiger partial charge in [-0.2, -0.15) is 0 Å². The Hall–Kier alpha value is -3.59. The van der Waals surface area contributed by atoms with E-state index in [4.69, 9.17) is 0 Å². The number of rotatable bonds is 7. The van der Waals surface area contributed by atoms with Crippen molar-refractivity contribution < 1.29 is 13.2 Å². The Labute approximate surface area is 187 Å². The molecule has 166 valence electrons. The molecule has 0 saturated carbocycles. The van der Waals surface area contributed by atoms with Crippen molar-refractivity contribution in [2.45, 2.75) is 24.3 Å². The first kappa shape index (κ1) is 21.6. The highest BCUT2D eigenvalue weighted by Gasteiger charge is 2.20. The van der Waals surface area contributed by atoms with E-state index in [0.29, 0.717) is 17.9 Å². The van der Waals surface area contributed by atoms with Crippen molar-refractivity contribution in [3.63, 3.8) is 0 Å². The smallest absolute Gasteiger partial charge is 0.319 e. The average molecular weight is 452 g/mol. The van der Waals surface area contributed by atoms with Crippen molar-refractivity contribution in [2.24, 2.45) is 0 Å². The van der Waals surface area contributed by atoms with E-state index in [2.05, 4.69) is 25.2 Å². The Kier molecular flexibility index (Phi) is 6.55. The van der Waals surface area contributed by atoms with Crippen LogP contribution in [0.1, 0.15) is 18.4 Å². The summed E-state index contributed by atoms with van der Waals surface area (Å²) in [4.78, 5) is 18.4. The van der Waals surface area contributed by atoms with E-state index < -0.39 is 10.0 Å². The Bertz CT molecular complexity index is 1160. The van der Waals surface area contributed by atoms with Crippen molar-refractivity contribution in [2.75, 3.05) is 28.0 Å². The fourth-order valence-corrected chi connectivity index (χ4v) is 4.65. The van der Waals surface area contributed by atoms with Crippen LogP contribution in [0.15, 0.2) is 78.0 Å². The van der Waals surface area contributed by atoms with E-state index in [0.717, 1.165) is 37.2 Å². The Morgan fingerprint density at radius 1 is 0.969 bits per heavy atom. The summed E-state index contributed by atoms with van der Waals surface area (Å²) in [6, 6.07) is 16.8. The summed E-state index contributed by atoms with van der Waals surface area (Å²) >= 11 is 0. The van der Waals surface area contributed by atoms with Gasteiger partial charge in [-0.15, -0.1) is 0 Å². The topological polar surface area (TPSA) is 103 Å². The number of benzene rings is 2. The number of sulfonamides is 1. The van der Waals surface area contributed by atoms with Gasteiger partial charge in [-0.25, -0.2) is 13.2 Å². The number of carbonyl (C=O) groups is 1. The summed E-state index contributed by atoms with van der Waals surface area (Å²) in [6.45, 7) is 2.18. The van der Waals surface area contributed by atoms with Crippen molar-refractivity contribution in [3.8, 4) is 0 Å². The van der Waals surface area contributed by atoms with E-state index in [-0.39, 0.29) is 10.9 Å². The second-order valence-corrected chi connectivity index (χ2v) is 9.19. The Morgan fingerprint density at radius 3 is 2.44 bits per heavy atom. The van der Waals surface area contributed by atoms with E-state index in [1.165, 1.54) is 12.1 Å². The fraction of sp³-hybridized carbons (Fsp3) is 0.217. The lowest BCUT2D eigenvalue weighted by Crippen LogP contribution is -2.28. The lowest BCUT2D eigenvalue weighted by atomic mass is 10.2. The van der Waals surface area contributed by atoms with E-state index >= 15 is 0 Å². The molecular weight excluding hydrogens is 426 g/mol. The van der Waals surface area contributed by atoms with Crippen molar-refractivity contribution in [3.05, 3.63) is 78.6 Å². The molecule has 2 aromatic carbocycles. The lowest BCUT2D eigenvalue weighted by molar-refractivity contribution is 0.251. The van der Waals surface area contributed by atoms with Gasteiger partial charge in [0.2, 0.25) is 0 Å². The zero-order valence-electron chi connectivity index (χ0n) is 17.5. The van der Waals surface area contributed by atoms with Gasteiger partial charge in [-0.1, -0.05) is 18.2 Å². The van der Waals surface area contributed by atoms with Crippen LogP contribution >= 0.6 is 0 Å². The summed E-state index contributed by atoms with van der Waals surface area (Å²) in [5.41, 5.74) is 2.82. The van der Waals surface area contributed by atoms with E-state index in [9.17, 15) is 13.2 Å². The van der Waals surface area contributed by atoms with Crippen LogP contribution in [0.25, 0.3) is 0 Å². The summed E-state index contributed by atoms with van der Waals surface area (Å²) in [5, 5.41) is 5.43. The molecule has 0 radical (unpaired) electrons. The van der Waals surface area contributed by atoms with Gasteiger partial charge in [0.05, 0.1) is 16.3 Å². The van der Waals surface area contributed by atoms with Gasteiger partial charge in [-0.3, -0.25) is 9.71 Å². The molecule has 1 aromatic heterocycles. The van der Waals surface area contributed by atoms with Gasteiger partial charge >= 0.3 is 6.03 Å². The van der Waals surface area contributed by atoms with Gasteiger partial charge in [0.25, 0.3) is 10.0 Å². The maximum Gasteiger partial charge on any atom is 0.319 e. The van der Waals surface area contributed by atoms with Crippen molar-refractivity contribution in [1.29, 1.82) is 0 Å². The zero-order valence-corrected chi connectivity index (χ0v) is 18.3. The minimum absolute atomic E-state index is 0.120. The number of nitrogens with one attached hydrogen (secondary N) is 3. The highest BCUT2D eigenvalue weighted by molar-refractivity contribution is 7.92. The first-order valence-electron chi connectivity index (χ1n) is 10.4. The van der Waals surface area contributed by atoms with Crippen LogP contribution < -0.4 is 20.3 Å². The second kappa shape index (κ2) is 9.69. The molecule has 0 spiro atoms. The van der Waals surface area contributed by atoms with Crippen molar-refractivity contribution >= 4 is 33.1 Å². The molecule has 4 rings (SSSR count). The zero-order chi connectivity index (χ0) is 22.4. The number of carbonyl (C=O) groups excluding carboxylic acids is 1. The first-order chi connectivity index (χ1) is 15.5. The third-order valence-corrected chi connectivity index (χ3v) is 6.57. The lowest BCUT2D eigenvalue weighted by Gasteiger charge is -2.21. The summed E-state index contributed by atoms with van der Waals surface area (Å²) in [5.74, 6) is 0. The number of para-hydroxylation sites is 2. The third kappa shape index (κ3) is 5.36. The number of nitrogens with zero attached hydrogens (tertiary/aromatic N) is 2. The molecule has 0 aliphatic carbocycles. The summed E-state index contributed by atoms with van der Waals surface area (Å²) in [7, 11) is -3.77. The maximum absolute atomic E-state index is 12.9. The number of aromatic nitrogens is 1. The van der Waals surface area contributed by atoms with Crippen molar-refractivity contribution in [1.82, 2.24) is 10.3 Å².